The van der Waals surface area contributed by atoms with Gasteiger partial charge in [-0.2, -0.15) is 0 Å². The molecule has 0 bridgehead atoms. The lowest BCUT2D eigenvalue weighted by Gasteiger charge is -2.18. The lowest BCUT2D eigenvalue weighted by Crippen LogP contribution is -2.30. The van der Waals surface area contributed by atoms with Gasteiger partial charge in [-0.15, -0.1) is 10.2 Å². The number of nitrogens with zero attached hydrogens (tertiary/aromatic N) is 3. The normalized spacial score (nSPS) is 15.1. The number of carboxylic acids is 1. The predicted octanol–water partition coefficient (Wildman–Crippen LogP) is 0.483. The van der Waals surface area contributed by atoms with Gasteiger partial charge in [-0.3, -0.25) is 0 Å². The zero-order valence-electron chi connectivity index (χ0n) is 9.66. The number of carbonyl (C=O) groups is 1. The summed E-state index contributed by atoms with van der Waals surface area (Å²) >= 11 is 0. The molecule has 0 saturated heterocycles. The molecule has 1 aromatic heterocycles. The van der Waals surface area contributed by atoms with Crippen molar-refractivity contribution in [2.45, 2.75) is 39.3 Å². The molecule has 0 aliphatic carbocycles. The molecule has 1 rings (SSSR count). The molecule has 90 valence electrons. The van der Waals surface area contributed by atoms with Crippen LogP contribution in [-0.4, -0.2) is 37.1 Å². The third kappa shape index (κ3) is 2.79. The van der Waals surface area contributed by atoms with E-state index in [1.54, 1.807) is 0 Å². The summed E-state index contributed by atoms with van der Waals surface area (Å²) in [6.45, 7) is 5.46. The topological polar surface area (TPSA) is 88.2 Å². The average molecular weight is 227 g/mol. The van der Waals surface area contributed by atoms with Crippen molar-refractivity contribution in [2.75, 3.05) is 0 Å². The molecular formula is C10H17N3O3. The second kappa shape index (κ2) is 5.07. The molecule has 0 fully saturated rings. The van der Waals surface area contributed by atoms with Crippen molar-refractivity contribution in [3.63, 3.8) is 0 Å². The number of aromatic nitrogens is 3. The van der Waals surface area contributed by atoms with Crippen LogP contribution in [0.25, 0.3) is 0 Å². The third-order valence-corrected chi connectivity index (χ3v) is 2.25. The highest BCUT2D eigenvalue weighted by Gasteiger charge is 2.27. The first-order valence-corrected chi connectivity index (χ1v) is 5.22. The summed E-state index contributed by atoms with van der Waals surface area (Å²) in [7, 11) is 0. The number of aliphatic hydroxyl groups excluding tert-OH is 1. The highest BCUT2D eigenvalue weighted by Crippen LogP contribution is 2.16. The second-order valence-corrected chi connectivity index (χ2v) is 4.28. The van der Waals surface area contributed by atoms with Crippen LogP contribution in [-0.2, 0) is 11.2 Å². The molecule has 16 heavy (non-hydrogen) atoms. The van der Waals surface area contributed by atoms with Gasteiger partial charge < -0.3 is 14.8 Å². The molecule has 0 aliphatic rings. The van der Waals surface area contributed by atoms with Gasteiger partial charge in [-0.25, -0.2) is 4.79 Å². The Morgan fingerprint density at radius 3 is 2.56 bits per heavy atom. The molecule has 2 atom stereocenters. The molecule has 0 saturated carbocycles. The lowest BCUT2D eigenvalue weighted by atomic mass is 10.1. The van der Waals surface area contributed by atoms with Crippen LogP contribution in [0.1, 0.15) is 32.6 Å². The molecule has 6 heteroatoms. The third-order valence-electron chi connectivity index (χ3n) is 2.25. The van der Waals surface area contributed by atoms with Crippen LogP contribution >= 0.6 is 0 Å². The zero-order chi connectivity index (χ0) is 12.3. The van der Waals surface area contributed by atoms with Crippen LogP contribution in [0, 0.1) is 5.92 Å². The molecule has 0 radical (unpaired) electrons. The minimum atomic E-state index is -1.08. The van der Waals surface area contributed by atoms with Crippen LogP contribution < -0.4 is 0 Å². The molecule has 1 aromatic rings. The Kier molecular flexibility index (Phi) is 4.00. The van der Waals surface area contributed by atoms with E-state index in [1.807, 2.05) is 13.8 Å². The average Bonchev–Trinajstić information content (AvgIpc) is 2.50. The largest absolute Gasteiger partial charge is 0.480 e. The molecule has 2 N–H and O–H groups in total. The van der Waals surface area contributed by atoms with Crippen LogP contribution in [0.5, 0.6) is 0 Å². The quantitative estimate of drug-likeness (QED) is 0.764. The Labute approximate surface area is 93.9 Å². The van der Waals surface area contributed by atoms with Crippen LogP contribution in [0.4, 0.5) is 0 Å². The van der Waals surface area contributed by atoms with E-state index >= 15 is 0 Å². The maximum absolute atomic E-state index is 11.0. The minimum absolute atomic E-state index is 0.353. The number of aliphatic hydroxyl groups is 1. The van der Waals surface area contributed by atoms with Crippen molar-refractivity contribution < 1.29 is 15.0 Å². The number of rotatable bonds is 5. The second-order valence-electron chi connectivity index (χ2n) is 4.28. The van der Waals surface area contributed by atoms with Gasteiger partial charge in [0, 0.05) is 6.42 Å². The van der Waals surface area contributed by atoms with E-state index in [0.717, 1.165) is 0 Å². The molecule has 0 spiro atoms. The van der Waals surface area contributed by atoms with Crippen LogP contribution in [0.15, 0.2) is 6.33 Å². The van der Waals surface area contributed by atoms with Gasteiger partial charge in [0.25, 0.3) is 0 Å². The summed E-state index contributed by atoms with van der Waals surface area (Å²) < 4.78 is 1.42. The van der Waals surface area contributed by atoms with Crippen molar-refractivity contribution in [1.82, 2.24) is 14.8 Å². The maximum atomic E-state index is 11.0. The van der Waals surface area contributed by atoms with Gasteiger partial charge in [0.05, 0.1) is 6.10 Å². The van der Waals surface area contributed by atoms with Gasteiger partial charge in [-0.05, 0) is 12.8 Å². The Balaban J connectivity index is 3.01. The number of hydrogen-bond donors (Lipinski definition) is 2. The van der Waals surface area contributed by atoms with E-state index in [-0.39, 0.29) is 0 Å². The van der Waals surface area contributed by atoms with Crippen molar-refractivity contribution >= 4 is 5.97 Å². The summed E-state index contributed by atoms with van der Waals surface area (Å²) in [6.07, 6.45) is 0.999. The molecule has 6 nitrogen and oxygen atoms in total. The van der Waals surface area contributed by atoms with Crippen LogP contribution in [0.3, 0.4) is 0 Å². The van der Waals surface area contributed by atoms with E-state index in [1.165, 1.54) is 17.8 Å². The van der Waals surface area contributed by atoms with Gasteiger partial charge >= 0.3 is 5.97 Å². The Morgan fingerprint density at radius 2 is 2.12 bits per heavy atom. The molecule has 2 unspecified atom stereocenters. The first-order chi connectivity index (χ1) is 7.43. The number of carboxylic acid groups (broad SMARTS) is 1. The smallest absolute Gasteiger partial charge is 0.329 e. The van der Waals surface area contributed by atoms with Crippen LogP contribution in [0.2, 0.25) is 0 Å². The Morgan fingerprint density at radius 1 is 1.50 bits per heavy atom. The first kappa shape index (κ1) is 12.6. The SMILES string of the molecule is CC(C)Cc1nncn1C(C(=O)O)C(C)O. The molecular weight excluding hydrogens is 210 g/mol. The van der Waals surface area contributed by atoms with Crippen molar-refractivity contribution in [3.8, 4) is 0 Å². The Bertz CT molecular complexity index is 360. The summed E-state index contributed by atoms with van der Waals surface area (Å²) in [5, 5.41) is 26.1. The van der Waals surface area contributed by atoms with Crippen molar-refractivity contribution in [1.29, 1.82) is 0 Å². The molecule has 0 aliphatic heterocycles. The van der Waals surface area contributed by atoms with E-state index < -0.39 is 18.1 Å². The lowest BCUT2D eigenvalue weighted by molar-refractivity contribution is -0.144. The van der Waals surface area contributed by atoms with E-state index in [2.05, 4.69) is 10.2 Å². The fraction of sp³-hybridized carbons (Fsp3) is 0.700. The highest BCUT2D eigenvalue weighted by molar-refractivity contribution is 5.72. The van der Waals surface area contributed by atoms with Gasteiger partial charge in [0.15, 0.2) is 6.04 Å². The zero-order valence-corrected chi connectivity index (χ0v) is 9.66. The van der Waals surface area contributed by atoms with Crippen molar-refractivity contribution in [2.24, 2.45) is 5.92 Å². The summed E-state index contributed by atoms with van der Waals surface area (Å²) in [5.41, 5.74) is 0. The van der Waals surface area contributed by atoms with Gasteiger partial charge in [-0.1, -0.05) is 13.8 Å². The number of aliphatic carboxylic acids is 1. The minimum Gasteiger partial charge on any atom is -0.480 e. The fourth-order valence-electron chi connectivity index (χ4n) is 1.57. The maximum Gasteiger partial charge on any atom is 0.329 e. The molecule has 0 amide bonds. The monoisotopic (exact) mass is 227 g/mol. The first-order valence-electron chi connectivity index (χ1n) is 5.22. The van der Waals surface area contributed by atoms with E-state index in [4.69, 9.17) is 5.11 Å². The van der Waals surface area contributed by atoms with Gasteiger partial charge in [0.2, 0.25) is 0 Å². The summed E-state index contributed by atoms with van der Waals surface area (Å²) in [4.78, 5) is 11.0. The predicted molar refractivity (Wildman–Crippen MR) is 56.9 cm³/mol. The van der Waals surface area contributed by atoms with Gasteiger partial charge in [0.1, 0.15) is 12.2 Å². The summed E-state index contributed by atoms with van der Waals surface area (Å²) in [6, 6.07) is -1.02. The van der Waals surface area contributed by atoms with E-state index in [9.17, 15) is 9.90 Å². The standard InChI is InChI=1S/C10H17N3O3/c1-6(2)4-8-12-11-5-13(8)9(7(3)14)10(15)16/h5-7,9,14H,4H2,1-3H3,(H,15,16). The molecule has 0 aromatic carbocycles. The van der Waals surface area contributed by atoms with Crippen molar-refractivity contribution in [3.05, 3.63) is 12.2 Å². The number of hydrogen-bond acceptors (Lipinski definition) is 4. The van der Waals surface area contributed by atoms with E-state index in [0.29, 0.717) is 18.2 Å². The highest BCUT2D eigenvalue weighted by atomic mass is 16.4. The Hall–Kier alpha value is -1.43. The fourth-order valence-corrected chi connectivity index (χ4v) is 1.57. The summed E-state index contributed by atoms with van der Waals surface area (Å²) in [5.74, 6) is -0.144. The molecule has 1 heterocycles.